The summed E-state index contributed by atoms with van der Waals surface area (Å²) in [7, 11) is 0. The van der Waals surface area contributed by atoms with Crippen LogP contribution in [-0.2, 0) is 32.7 Å². The van der Waals surface area contributed by atoms with E-state index < -0.39 is 0 Å². The number of nitrogens with one attached hydrogen (secondary N) is 1. The van der Waals surface area contributed by atoms with Crippen LogP contribution < -0.4 is 0 Å². The Hall–Kier alpha value is -1.44. The second-order valence-corrected chi connectivity index (χ2v) is 4.65. The van der Waals surface area contributed by atoms with Gasteiger partial charge in [-0.25, -0.2) is 17.2 Å². The summed E-state index contributed by atoms with van der Waals surface area (Å²) in [5, 5.41) is 5.04. The van der Waals surface area contributed by atoms with E-state index in [1.807, 2.05) is 12.3 Å². The van der Waals surface area contributed by atoms with Crippen LogP contribution in [0.5, 0.6) is 0 Å². The largest absolute Gasteiger partial charge is 0.462 e. The number of hydrogen-bond acceptors (Lipinski definition) is 0. The molecule has 0 bridgehead atoms. The van der Waals surface area contributed by atoms with Gasteiger partial charge >= 0.3 is 0 Å². The van der Waals surface area contributed by atoms with E-state index in [2.05, 4.69) is 65.8 Å². The Bertz CT molecular complexity index is 863. The van der Waals surface area contributed by atoms with Gasteiger partial charge in [-0.05, 0) is 10.8 Å². The van der Waals surface area contributed by atoms with Crippen molar-refractivity contribution in [1.82, 2.24) is 4.98 Å². The number of rotatable bonds is 1. The third kappa shape index (κ3) is 2.21. The van der Waals surface area contributed by atoms with Crippen LogP contribution in [0.25, 0.3) is 32.7 Å². The first kappa shape index (κ1) is 13.5. The molecule has 0 saturated heterocycles. The number of aromatic amines is 1. The molecule has 1 aromatic heterocycles. The molecule has 1 nitrogen and oxygen atoms in total. The van der Waals surface area contributed by atoms with E-state index in [0.717, 1.165) is 11.1 Å². The van der Waals surface area contributed by atoms with E-state index >= 15 is 0 Å². The van der Waals surface area contributed by atoms with Crippen molar-refractivity contribution in [2.24, 2.45) is 0 Å². The van der Waals surface area contributed by atoms with E-state index in [1.165, 1.54) is 21.5 Å². The van der Waals surface area contributed by atoms with Crippen molar-refractivity contribution in [1.29, 1.82) is 0 Å². The number of fused-ring (bicyclic) bond motifs is 3. The van der Waals surface area contributed by atoms with Crippen molar-refractivity contribution >= 4 is 21.5 Å². The zero-order chi connectivity index (χ0) is 12.7. The summed E-state index contributed by atoms with van der Waals surface area (Å²) in [4.78, 5) is 2.97. The molecule has 0 aliphatic heterocycles. The van der Waals surface area contributed by atoms with Crippen molar-refractivity contribution < 1.29 is 32.7 Å². The first-order chi connectivity index (χ1) is 9.42. The number of H-pyrrole nitrogens is 1. The van der Waals surface area contributed by atoms with Crippen LogP contribution in [0.4, 0.5) is 0 Å². The van der Waals surface area contributed by atoms with E-state index in [-0.39, 0.29) is 32.7 Å². The van der Waals surface area contributed by atoms with Gasteiger partial charge in [0.2, 0.25) is 0 Å². The second kappa shape index (κ2) is 5.51. The summed E-state index contributed by atoms with van der Waals surface area (Å²) < 4.78 is 0. The molecule has 1 N–H and O–H groups in total. The molecule has 0 aliphatic carbocycles. The Balaban J connectivity index is 0.00000121. The maximum Gasteiger partial charge on any atom is 0 e. The second-order valence-electron chi connectivity index (χ2n) is 4.65. The van der Waals surface area contributed by atoms with Gasteiger partial charge in [-0.3, -0.25) is 0 Å². The first-order valence-corrected chi connectivity index (χ1v) is 6.30. The number of benzene rings is 3. The monoisotopic (exact) mass is 330 g/mol. The summed E-state index contributed by atoms with van der Waals surface area (Å²) in [5.41, 5.74) is 2.12. The quantitative estimate of drug-likeness (QED) is 0.388. The Morgan fingerprint density at radius 3 is 2.50 bits per heavy atom. The predicted molar refractivity (Wildman–Crippen MR) is 78.9 cm³/mol. The molecule has 4 rings (SSSR count). The van der Waals surface area contributed by atoms with Gasteiger partial charge in [-0.15, -0.1) is 29.2 Å². The average Bonchev–Trinajstić information content (AvgIpc) is 3.01. The van der Waals surface area contributed by atoms with Gasteiger partial charge in [0.25, 0.3) is 0 Å². The third-order valence-corrected chi connectivity index (χ3v) is 3.51. The molecule has 1 heterocycles. The Morgan fingerprint density at radius 2 is 1.65 bits per heavy atom. The Morgan fingerprint density at radius 1 is 0.800 bits per heavy atom. The van der Waals surface area contributed by atoms with Gasteiger partial charge in [-0.1, -0.05) is 36.4 Å². The standard InChI is InChI=1S/C18H11N.Y/c1-2-4-17-13(3-1)5-6-14-7-8-15(11-18(14)17)16-9-10-19-12-16;/h1-7,9-11,19H;/q-2;. The fourth-order valence-electron chi connectivity index (χ4n) is 2.54. The molecule has 0 atom stereocenters. The zero-order valence-corrected chi connectivity index (χ0v) is 13.7. The van der Waals surface area contributed by atoms with Crippen molar-refractivity contribution in [2.45, 2.75) is 0 Å². The van der Waals surface area contributed by atoms with Gasteiger partial charge < -0.3 is 4.98 Å². The molecule has 93 valence electrons. The summed E-state index contributed by atoms with van der Waals surface area (Å²) in [5.74, 6) is 0. The molecule has 0 fully saturated rings. The Labute approximate surface area is 142 Å². The molecule has 0 saturated carbocycles. The molecule has 20 heavy (non-hydrogen) atoms. The Kier molecular flexibility index (Phi) is 3.73. The fraction of sp³-hybridized carbons (Fsp3) is 0. The van der Waals surface area contributed by atoms with Crippen molar-refractivity contribution in [3.8, 4) is 11.1 Å². The van der Waals surface area contributed by atoms with Crippen LogP contribution in [-0.4, -0.2) is 4.98 Å². The maximum atomic E-state index is 3.33. The summed E-state index contributed by atoms with van der Waals surface area (Å²) in [6.45, 7) is 0. The van der Waals surface area contributed by atoms with E-state index in [4.69, 9.17) is 0 Å². The normalized spacial score (nSPS) is 10.6. The first-order valence-electron chi connectivity index (χ1n) is 6.30. The minimum Gasteiger partial charge on any atom is -0.462 e. The summed E-state index contributed by atoms with van der Waals surface area (Å²) >= 11 is 0. The third-order valence-electron chi connectivity index (χ3n) is 3.51. The zero-order valence-electron chi connectivity index (χ0n) is 10.9. The molecular weight excluding hydrogens is 319 g/mol. The summed E-state index contributed by atoms with van der Waals surface area (Å²) in [6, 6.07) is 22.4. The molecule has 1 radical (unpaired) electrons. The molecule has 0 spiro atoms. The van der Waals surface area contributed by atoms with Crippen LogP contribution >= 0.6 is 0 Å². The van der Waals surface area contributed by atoms with Gasteiger partial charge in [0.15, 0.2) is 0 Å². The smallest absolute Gasteiger partial charge is 0 e. The average molecular weight is 330 g/mol. The molecule has 0 unspecified atom stereocenters. The van der Waals surface area contributed by atoms with Crippen LogP contribution in [0.2, 0.25) is 0 Å². The topological polar surface area (TPSA) is 15.8 Å². The molecule has 0 amide bonds. The van der Waals surface area contributed by atoms with Crippen molar-refractivity contribution in [2.75, 3.05) is 0 Å². The van der Waals surface area contributed by atoms with Crippen molar-refractivity contribution in [3.05, 3.63) is 73.1 Å². The van der Waals surface area contributed by atoms with Gasteiger partial charge in [0.05, 0.1) is 0 Å². The summed E-state index contributed by atoms with van der Waals surface area (Å²) in [6.07, 6.45) is 5.00. The van der Waals surface area contributed by atoms with Gasteiger partial charge in [-0.2, -0.15) is 12.1 Å². The maximum absolute atomic E-state index is 3.33. The fourth-order valence-corrected chi connectivity index (χ4v) is 2.54. The van der Waals surface area contributed by atoms with Gasteiger partial charge in [0, 0.05) is 32.7 Å². The van der Waals surface area contributed by atoms with E-state index in [0.29, 0.717) is 0 Å². The van der Waals surface area contributed by atoms with Crippen LogP contribution in [0.15, 0.2) is 60.8 Å². The van der Waals surface area contributed by atoms with Crippen LogP contribution in [0.3, 0.4) is 0 Å². The molecule has 2 heteroatoms. The van der Waals surface area contributed by atoms with Crippen LogP contribution in [0, 0.1) is 12.3 Å². The van der Waals surface area contributed by atoms with Gasteiger partial charge in [0.1, 0.15) is 0 Å². The SMILES string of the molecule is [Y].[c-]1[nH]ccc1-c1[c-]cc2ccc3ccccc3c2c1. The number of aromatic nitrogens is 1. The minimum atomic E-state index is 0. The predicted octanol–water partition coefficient (Wildman–Crippen LogP) is 4.59. The van der Waals surface area contributed by atoms with Crippen LogP contribution in [0.1, 0.15) is 0 Å². The van der Waals surface area contributed by atoms with E-state index in [9.17, 15) is 0 Å². The van der Waals surface area contributed by atoms with E-state index in [1.54, 1.807) is 0 Å². The molecule has 3 aromatic carbocycles. The number of hydrogen-bond donors (Lipinski definition) is 1. The molecule has 0 aliphatic rings. The van der Waals surface area contributed by atoms with Crippen molar-refractivity contribution in [3.63, 3.8) is 0 Å². The minimum absolute atomic E-state index is 0. The molecule has 4 aromatic rings. The molecular formula is C18H11NY-2.